The molecule has 0 unspecified atom stereocenters. The summed E-state index contributed by atoms with van der Waals surface area (Å²) in [6, 6.07) is 22.7. The number of ether oxygens (including phenoxy) is 2. The van der Waals surface area contributed by atoms with E-state index >= 15 is 0 Å². The van der Waals surface area contributed by atoms with Gasteiger partial charge in [0.15, 0.2) is 11.5 Å². The number of anilines is 1. The van der Waals surface area contributed by atoms with Gasteiger partial charge in [0.1, 0.15) is 19.8 Å². The minimum atomic E-state index is -0.137. The molecule has 6 heteroatoms. The fourth-order valence-corrected chi connectivity index (χ4v) is 3.99. The van der Waals surface area contributed by atoms with Crippen LogP contribution in [0.25, 0.3) is 0 Å². The van der Waals surface area contributed by atoms with Gasteiger partial charge in [-0.05, 0) is 41.5 Å². The van der Waals surface area contributed by atoms with E-state index in [4.69, 9.17) is 9.47 Å². The Labute approximate surface area is 180 Å². The van der Waals surface area contributed by atoms with E-state index in [0.29, 0.717) is 43.4 Å². The van der Waals surface area contributed by atoms with Crippen LogP contribution in [0.4, 0.5) is 5.69 Å². The second kappa shape index (κ2) is 8.14. The molecule has 0 aromatic heterocycles. The predicted octanol–water partition coefficient (Wildman–Crippen LogP) is 3.65. The molecular formula is C25H22N2O4. The lowest BCUT2D eigenvalue weighted by molar-refractivity contribution is -0.119. The van der Waals surface area contributed by atoms with Gasteiger partial charge >= 0.3 is 0 Å². The molecule has 0 saturated carbocycles. The van der Waals surface area contributed by atoms with Gasteiger partial charge in [0.25, 0.3) is 5.91 Å². The summed E-state index contributed by atoms with van der Waals surface area (Å²) in [5.74, 6) is 1.17. The Balaban J connectivity index is 1.38. The summed E-state index contributed by atoms with van der Waals surface area (Å²) >= 11 is 0. The summed E-state index contributed by atoms with van der Waals surface area (Å²) in [7, 11) is 0. The molecular weight excluding hydrogens is 392 g/mol. The van der Waals surface area contributed by atoms with Gasteiger partial charge in [-0.3, -0.25) is 9.59 Å². The predicted molar refractivity (Wildman–Crippen MR) is 116 cm³/mol. The zero-order valence-corrected chi connectivity index (χ0v) is 17.0. The van der Waals surface area contributed by atoms with Gasteiger partial charge < -0.3 is 19.3 Å². The summed E-state index contributed by atoms with van der Waals surface area (Å²) in [5.41, 5.74) is 3.34. The Bertz CT molecular complexity index is 1130. The number of hydrogen-bond donors (Lipinski definition) is 0. The number of carbonyl (C=O) groups is 2. The Hall–Kier alpha value is -3.80. The smallest absolute Gasteiger partial charge is 0.254 e. The molecule has 31 heavy (non-hydrogen) atoms. The number of hydrogen-bond acceptors (Lipinski definition) is 4. The second-order valence-electron chi connectivity index (χ2n) is 7.61. The zero-order valence-electron chi connectivity index (χ0n) is 17.0. The minimum absolute atomic E-state index is 0.0208. The van der Waals surface area contributed by atoms with Gasteiger partial charge in [-0.1, -0.05) is 42.5 Å². The van der Waals surface area contributed by atoms with Crippen LogP contribution in [0.5, 0.6) is 11.5 Å². The third-order valence-corrected chi connectivity index (χ3v) is 5.54. The van der Waals surface area contributed by atoms with Crippen LogP contribution in [0.15, 0.2) is 72.8 Å². The van der Waals surface area contributed by atoms with E-state index in [0.717, 1.165) is 16.8 Å². The molecule has 2 aliphatic rings. The van der Waals surface area contributed by atoms with E-state index in [1.54, 1.807) is 9.80 Å². The summed E-state index contributed by atoms with van der Waals surface area (Å²) in [5, 5.41) is 0. The minimum Gasteiger partial charge on any atom is -0.486 e. The van der Waals surface area contributed by atoms with Gasteiger partial charge in [0, 0.05) is 17.8 Å². The second-order valence-corrected chi connectivity index (χ2v) is 7.61. The molecule has 0 atom stereocenters. The standard InChI is InChI=1S/C25H22N2O4/c28-24(17-26-16-19-6-4-5-9-21(19)25(26)29)27(20-7-2-1-3-8-20)15-18-10-11-22-23(14-18)31-13-12-30-22/h1-11,14H,12-13,15-17H2. The van der Waals surface area contributed by atoms with Crippen molar-refractivity contribution >= 4 is 17.5 Å². The number of carbonyl (C=O) groups excluding carboxylic acids is 2. The van der Waals surface area contributed by atoms with Gasteiger partial charge in [-0.25, -0.2) is 0 Å². The van der Waals surface area contributed by atoms with Gasteiger partial charge in [-0.2, -0.15) is 0 Å². The van der Waals surface area contributed by atoms with Gasteiger partial charge in [0.2, 0.25) is 5.91 Å². The summed E-state index contributed by atoms with van der Waals surface area (Å²) in [6.45, 7) is 1.89. The molecule has 2 heterocycles. The SMILES string of the molecule is O=C1c2ccccc2CN1CC(=O)N(Cc1ccc2c(c1)OCCO2)c1ccccc1. The van der Waals surface area contributed by atoms with E-state index < -0.39 is 0 Å². The van der Waals surface area contributed by atoms with Crippen LogP contribution < -0.4 is 14.4 Å². The fourth-order valence-electron chi connectivity index (χ4n) is 3.99. The highest BCUT2D eigenvalue weighted by atomic mass is 16.6. The first-order valence-corrected chi connectivity index (χ1v) is 10.3. The van der Waals surface area contributed by atoms with E-state index in [1.807, 2.05) is 72.8 Å². The molecule has 6 nitrogen and oxygen atoms in total. The van der Waals surface area contributed by atoms with E-state index in [-0.39, 0.29) is 18.4 Å². The topological polar surface area (TPSA) is 59.1 Å². The highest BCUT2D eigenvalue weighted by Gasteiger charge is 2.30. The maximum Gasteiger partial charge on any atom is 0.254 e. The highest BCUT2D eigenvalue weighted by Crippen LogP contribution is 2.32. The van der Waals surface area contributed by atoms with Crippen LogP contribution in [0.3, 0.4) is 0 Å². The lowest BCUT2D eigenvalue weighted by atomic mass is 10.1. The third-order valence-electron chi connectivity index (χ3n) is 5.54. The van der Waals surface area contributed by atoms with Crippen LogP contribution in [-0.2, 0) is 17.9 Å². The molecule has 0 saturated heterocycles. The molecule has 0 fully saturated rings. The van der Waals surface area contributed by atoms with Crippen molar-refractivity contribution in [2.24, 2.45) is 0 Å². The molecule has 0 N–H and O–H groups in total. The Morgan fingerprint density at radius 1 is 0.903 bits per heavy atom. The largest absolute Gasteiger partial charge is 0.486 e. The molecule has 3 aromatic rings. The first-order chi connectivity index (χ1) is 15.2. The average Bonchev–Trinajstić information content (AvgIpc) is 3.13. The molecule has 2 aliphatic heterocycles. The molecule has 0 spiro atoms. The molecule has 2 amide bonds. The summed E-state index contributed by atoms with van der Waals surface area (Å²) in [4.78, 5) is 29.4. The van der Waals surface area contributed by atoms with Crippen molar-refractivity contribution in [2.75, 3.05) is 24.7 Å². The first kappa shape index (κ1) is 19.2. The summed E-state index contributed by atoms with van der Waals surface area (Å²) < 4.78 is 11.3. The molecule has 5 rings (SSSR count). The van der Waals surface area contributed by atoms with Crippen molar-refractivity contribution in [1.82, 2.24) is 4.90 Å². The lowest BCUT2D eigenvalue weighted by Crippen LogP contribution is -2.40. The quantitative estimate of drug-likeness (QED) is 0.640. The Morgan fingerprint density at radius 3 is 2.45 bits per heavy atom. The number of benzene rings is 3. The zero-order chi connectivity index (χ0) is 21.2. The number of nitrogens with zero attached hydrogens (tertiary/aromatic N) is 2. The Morgan fingerprint density at radius 2 is 1.65 bits per heavy atom. The molecule has 0 aliphatic carbocycles. The maximum absolute atomic E-state index is 13.4. The van der Waals surface area contributed by atoms with Crippen molar-refractivity contribution < 1.29 is 19.1 Å². The average molecular weight is 414 g/mol. The van der Waals surface area contributed by atoms with Crippen LogP contribution in [0.2, 0.25) is 0 Å². The number of para-hydroxylation sites is 1. The van der Waals surface area contributed by atoms with Crippen LogP contribution in [0, 0.1) is 0 Å². The van der Waals surface area contributed by atoms with E-state index in [1.165, 1.54) is 0 Å². The number of amides is 2. The Kier molecular flexibility index (Phi) is 5.04. The van der Waals surface area contributed by atoms with Crippen molar-refractivity contribution in [3.05, 3.63) is 89.5 Å². The molecule has 0 radical (unpaired) electrons. The van der Waals surface area contributed by atoms with Crippen LogP contribution in [-0.4, -0.2) is 36.5 Å². The van der Waals surface area contributed by atoms with Gasteiger partial charge in [0.05, 0.1) is 6.54 Å². The highest BCUT2D eigenvalue weighted by molar-refractivity contribution is 6.02. The van der Waals surface area contributed by atoms with Crippen LogP contribution >= 0.6 is 0 Å². The number of fused-ring (bicyclic) bond motifs is 2. The van der Waals surface area contributed by atoms with Crippen molar-refractivity contribution in [2.45, 2.75) is 13.1 Å². The van der Waals surface area contributed by atoms with Crippen molar-refractivity contribution in [3.8, 4) is 11.5 Å². The van der Waals surface area contributed by atoms with E-state index in [2.05, 4.69) is 0 Å². The molecule has 0 bridgehead atoms. The molecule has 156 valence electrons. The first-order valence-electron chi connectivity index (χ1n) is 10.3. The van der Waals surface area contributed by atoms with E-state index in [9.17, 15) is 9.59 Å². The normalized spacial score (nSPS) is 14.3. The lowest BCUT2D eigenvalue weighted by Gasteiger charge is -2.26. The fraction of sp³-hybridized carbons (Fsp3) is 0.200. The van der Waals surface area contributed by atoms with Crippen molar-refractivity contribution in [3.63, 3.8) is 0 Å². The number of rotatable bonds is 5. The monoisotopic (exact) mass is 414 g/mol. The molecule has 3 aromatic carbocycles. The summed E-state index contributed by atoms with van der Waals surface area (Å²) in [6.07, 6.45) is 0. The van der Waals surface area contributed by atoms with Gasteiger partial charge in [-0.15, -0.1) is 0 Å². The maximum atomic E-state index is 13.4. The van der Waals surface area contributed by atoms with Crippen molar-refractivity contribution in [1.29, 1.82) is 0 Å². The van der Waals surface area contributed by atoms with Crippen LogP contribution in [0.1, 0.15) is 21.5 Å². The third kappa shape index (κ3) is 3.84.